The van der Waals surface area contributed by atoms with Crippen LogP contribution in [0.3, 0.4) is 0 Å². The third-order valence-electron chi connectivity index (χ3n) is 1.75. The Morgan fingerprint density at radius 3 is 2.33 bits per heavy atom. The van der Waals surface area contributed by atoms with E-state index in [-0.39, 0.29) is 12.1 Å². The highest BCUT2D eigenvalue weighted by Gasteiger charge is 2.23. The highest BCUT2D eigenvalue weighted by Crippen LogP contribution is 2.12. The van der Waals surface area contributed by atoms with E-state index >= 15 is 0 Å². The summed E-state index contributed by atoms with van der Waals surface area (Å²) in [6.45, 7) is 9.99. The Balaban J connectivity index is 4.37. The number of hydrogen-bond acceptors (Lipinski definition) is 2. The van der Waals surface area contributed by atoms with Crippen molar-refractivity contribution in [3.8, 4) is 12.3 Å². The summed E-state index contributed by atoms with van der Waals surface area (Å²) < 4.78 is 5.28. The van der Waals surface area contributed by atoms with Gasteiger partial charge in [-0.1, -0.05) is 0 Å². The van der Waals surface area contributed by atoms with Gasteiger partial charge in [0, 0.05) is 19.0 Å². The van der Waals surface area contributed by atoms with Gasteiger partial charge in [-0.25, -0.2) is 4.79 Å². The van der Waals surface area contributed by atoms with Gasteiger partial charge in [0.05, 0.1) is 0 Å². The largest absolute Gasteiger partial charge is 0.444 e. The minimum Gasteiger partial charge on any atom is -0.444 e. The minimum atomic E-state index is -0.458. The minimum absolute atomic E-state index is 0.105. The van der Waals surface area contributed by atoms with E-state index in [4.69, 9.17) is 11.2 Å². The first-order valence-corrected chi connectivity index (χ1v) is 5.21. The van der Waals surface area contributed by atoms with Crippen molar-refractivity contribution in [2.75, 3.05) is 6.54 Å². The Hall–Kier alpha value is -1.17. The molecular weight excluding hydrogens is 190 g/mol. The second-order valence-corrected chi connectivity index (χ2v) is 4.72. The van der Waals surface area contributed by atoms with E-state index in [0.717, 1.165) is 0 Å². The summed E-state index contributed by atoms with van der Waals surface area (Å²) in [4.78, 5) is 13.4. The molecule has 0 aliphatic rings. The van der Waals surface area contributed by atoms with Crippen LogP contribution in [0.25, 0.3) is 0 Å². The zero-order chi connectivity index (χ0) is 12.1. The normalized spacial score (nSPS) is 11.0. The van der Waals surface area contributed by atoms with Crippen LogP contribution in [0.2, 0.25) is 0 Å². The van der Waals surface area contributed by atoms with Crippen molar-refractivity contribution in [3.63, 3.8) is 0 Å². The summed E-state index contributed by atoms with van der Waals surface area (Å²) in [7, 11) is 0. The Morgan fingerprint density at radius 1 is 1.47 bits per heavy atom. The molecule has 0 saturated carbocycles. The van der Waals surface area contributed by atoms with Gasteiger partial charge in [0.25, 0.3) is 0 Å². The predicted molar refractivity (Wildman–Crippen MR) is 61.5 cm³/mol. The maximum absolute atomic E-state index is 11.7. The van der Waals surface area contributed by atoms with E-state index in [2.05, 4.69) is 5.92 Å². The Bertz CT molecular complexity index is 245. The van der Waals surface area contributed by atoms with Gasteiger partial charge in [-0.2, -0.15) is 0 Å². The van der Waals surface area contributed by atoms with Crippen LogP contribution in [0.4, 0.5) is 4.79 Å². The fraction of sp³-hybridized carbons (Fsp3) is 0.750. The van der Waals surface area contributed by atoms with Crippen LogP contribution in [0.1, 0.15) is 41.0 Å². The van der Waals surface area contributed by atoms with E-state index in [1.807, 2.05) is 34.6 Å². The molecule has 0 heterocycles. The van der Waals surface area contributed by atoms with Gasteiger partial charge in [-0.05, 0) is 34.6 Å². The summed E-state index contributed by atoms with van der Waals surface area (Å²) in [6, 6.07) is 0.105. The molecular formula is C12H21NO2. The second kappa shape index (κ2) is 5.65. The molecule has 0 aliphatic carbocycles. The van der Waals surface area contributed by atoms with Gasteiger partial charge in [0.2, 0.25) is 0 Å². The summed E-state index contributed by atoms with van der Waals surface area (Å²) >= 11 is 0. The summed E-state index contributed by atoms with van der Waals surface area (Å²) in [5.74, 6) is 2.52. The molecule has 0 rings (SSSR count). The van der Waals surface area contributed by atoms with Gasteiger partial charge >= 0.3 is 6.09 Å². The van der Waals surface area contributed by atoms with Crippen LogP contribution in [0, 0.1) is 12.3 Å². The molecule has 0 aromatic rings. The first-order valence-electron chi connectivity index (χ1n) is 5.21. The number of terminal acetylenes is 1. The lowest BCUT2D eigenvalue weighted by atomic mass is 10.2. The Kier molecular flexibility index (Phi) is 5.21. The molecule has 0 fully saturated rings. The smallest absolute Gasteiger partial charge is 0.410 e. The molecule has 0 radical (unpaired) electrons. The van der Waals surface area contributed by atoms with Crippen LogP contribution in [-0.4, -0.2) is 29.2 Å². The topological polar surface area (TPSA) is 29.5 Å². The first-order chi connectivity index (χ1) is 6.78. The number of hydrogen-bond donors (Lipinski definition) is 0. The molecule has 3 nitrogen and oxygen atoms in total. The van der Waals surface area contributed by atoms with E-state index in [9.17, 15) is 4.79 Å². The van der Waals surface area contributed by atoms with Crippen molar-refractivity contribution < 1.29 is 9.53 Å². The van der Waals surface area contributed by atoms with Gasteiger partial charge in [0.15, 0.2) is 0 Å². The van der Waals surface area contributed by atoms with Crippen molar-refractivity contribution in [1.82, 2.24) is 4.90 Å². The van der Waals surface area contributed by atoms with E-state index in [1.54, 1.807) is 4.90 Å². The van der Waals surface area contributed by atoms with Gasteiger partial charge < -0.3 is 9.64 Å². The molecule has 0 bridgehead atoms. The number of amides is 1. The predicted octanol–water partition coefficient (Wildman–Crippen LogP) is 2.66. The molecule has 86 valence electrons. The number of rotatable bonds is 3. The van der Waals surface area contributed by atoms with Gasteiger partial charge in [-0.3, -0.25) is 0 Å². The fourth-order valence-electron chi connectivity index (χ4n) is 1.07. The maximum Gasteiger partial charge on any atom is 0.410 e. The summed E-state index contributed by atoms with van der Waals surface area (Å²) in [5.41, 5.74) is -0.458. The van der Waals surface area contributed by atoms with Crippen LogP contribution < -0.4 is 0 Å². The summed E-state index contributed by atoms with van der Waals surface area (Å²) in [6.07, 6.45) is 5.43. The maximum atomic E-state index is 11.7. The number of carbonyl (C=O) groups is 1. The van der Waals surface area contributed by atoms with E-state index in [1.165, 1.54) is 0 Å². The molecule has 0 aromatic carbocycles. The zero-order valence-electron chi connectivity index (χ0n) is 10.3. The number of ether oxygens (including phenoxy) is 1. The Labute approximate surface area is 92.8 Å². The zero-order valence-corrected chi connectivity index (χ0v) is 10.3. The van der Waals surface area contributed by atoms with Crippen LogP contribution >= 0.6 is 0 Å². The molecule has 0 saturated heterocycles. The van der Waals surface area contributed by atoms with Crippen molar-refractivity contribution in [2.45, 2.75) is 52.7 Å². The molecule has 0 N–H and O–H groups in total. The van der Waals surface area contributed by atoms with Crippen molar-refractivity contribution in [1.29, 1.82) is 0 Å². The lowest BCUT2D eigenvalue weighted by Gasteiger charge is -2.29. The molecule has 0 atom stereocenters. The fourth-order valence-corrected chi connectivity index (χ4v) is 1.07. The van der Waals surface area contributed by atoms with E-state index < -0.39 is 5.60 Å². The van der Waals surface area contributed by atoms with Crippen molar-refractivity contribution in [2.24, 2.45) is 0 Å². The lowest BCUT2D eigenvalue weighted by molar-refractivity contribution is 0.0196. The number of nitrogens with zero attached hydrogens (tertiary/aromatic N) is 1. The molecule has 3 heteroatoms. The number of carbonyl (C=O) groups excluding carboxylic acids is 1. The SMILES string of the molecule is C#CCCN(C(=O)OC(C)(C)C)C(C)C. The third-order valence-corrected chi connectivity index (χ3v) is 1.75. The standard InChI is InChI=1S/C12H21NO2/c1-7-8-9-13(10(2)3)11(14)15-12(4,5)6/h1,10H,8-9H2,2-6H3. The molecule has 0 aliphatic heterocycles. The van der Waals surface area contributed by atoms with Gasteiger partial charge in [-0.15, -0.1) is 12.3 Å². The highest BCUT2D eigenvalue weighted by molar-refractivity contribution is 5.68. The second-order valence-electron chi connectivity index (χ2n) is 4.72. The van der Waals surface area contributed by atoms with Crippen LogP contribution in [0.15, 0.2) is 0 Å². The molecule has 0 spiro atoms. The quantitative estimate of drug-likeness (QED) is 0.672. The van der Waals surface area contributed by atoms with E-state index in [0.29, 0.717) is 13.0 Å². The molecule has 0 unspecified atom stereocenters. The van der Waals surface area contributed by atoms with Crippen LogP contribution in [0.5, 0.6) is 0 Å². The van der Waals surface area contributed by atoms with Gasteiger partial charge in [0.1, 0.15) is 5.60 Å². The summed E-state index contributed by atoms with van der Waals surface area (Å²) in [5, 5.41) is 0. The third kappa shape index (κ3) is 6.01. The Morgan fingerprint density at radius 2 is 2.00 bits per heavy atom. The monoisotopic (exact) mass is 211 g/mol. The average Bonchev–Trinajstić information content (AvgIpc) is 2.00. The lowest BCUT2D eigenvalue weighted by Crippen LogP contribution is -2.41. The van der Waals surface area contributed by atoms with Crippen LogP contribution in [-0.2, 0) is 4.74 Å². The highest BCUT2D eigenvalue weighted by atomic mass is 16.6. The average molecular weight is 211 g/mol. The molecule has 0 aromatic heterocycles. The van der Waals surface area contributed by atoms with Crippen molar-refractivity contribution >= 4 is 6.09 Å². The first kappa shape index (κ1) is 13.8. The van der Waals surface area contributed by atoms with Crippen molar-refractivity contribution in [3.05, 3.63) is 0 Å². The molecule has 15 heavy (non-hydrogen) atoms. The molecule has 1 amide bonds.